The van der Waals surface area contributed by atoms with Crippen LogP contribution in [-0.4, -0.2) is 20.7 Å². The van der Waals surface area contributed by atoms with Crippen LogP contribution in [0.25, 0.3) is 0 Å². The van der Waals surface area contributed by atoms with Crippen LogP contribution in [0, 0.1) is 27.7 Å². The van der Waals surface area contributed by atoms with Gasteiger partial charge in [-0.25, -0.2) is 4.98 Å². The maximum absolute atomic E-state index is 12.1. The molecule has 0 aromatic carbocycles. The van der Waals surface area contributed by atoms with Gasteiger partial charge in [-0.2, -0.15) is 5.10 Å². The van der Waals surface area contributed by atoms with Crippen LogP contribution in [0.1, 0.15) is 37.3 Å². The molecule has 1 N–H and O–H groups in total. The van der Waals surface area contributed by atoms with E-state index in [1.165, 1.54) is 0 Å². The van der Waals surface area contributed by atoms with Gasteiger partial charge in [-0.05, 0) is 27.7 Å². The van der Waals surface area contributed by atoms with Crippen molar-refractivity contribution >= 4 is 17.2 Å². The Morgan fingerprint density at radius 3 is 2.47 bits per heavy atom. The maximum atomic E-state index is 12.1. The molecule has 102 valence electrons. The molecule has 2 heterocycles. The van der Waals surface area contributed by atoms with Crippen molar-refractivity contribution in [2.24, 2.45) is 7.05 Å². The van der Waals surface area contributed by atoms with Crippen molar-refractivity contribution in [3.05, 3.63) is 32.5 Å². The van der Waals surface area contributed by atoms with E-state index < -0.39 is 0 Å². The third-order valence-electron chi connectivity index (χ3n) is 3.20. The van der Waals surface area contributed by atoms with Gasteiger partial charge in [0.1, 0.15) is 5.69 Å². The summed E-state index contributed by atoms with van der Waals surface area (Å²) in [6.45, 7) is 8.26. The zero-order valence-corrected chi connectivity index (χ0v) is 12.7. The van der Waals surface area contributed by atoms with Crippen molar-refractivity contribution in [1.82, 2.24) is 20.1 Å². The van der Waals surface area contributed by atoms with E-state index in [0.717, 1.165) is 26.8 Å². The monoisotopic (exact) mass is 278 g/mol. The largest absolute Gasteiger partial charge is 0.346 e. The molecule has 0 aliphatic rings. The van der Waals surface area contributed by atoms with Crippen LogP contribution >= 0.6 is 11.3 Å². The molecule has 0 unspecified atom stereocenters. The first-order valence-electron chi connectivity index (χ1n) is 6.11. The lowest BCUT2D eigenvalue weighted by atomic mass is 10.2. The van der Waals surface area contributed by atoms with Crippen molar-refractivity contribution in [3.63, 3.8) is 0 Å². The van der Waals surface area contributed by atoms with E-state index in [9.17, 15) is 4.79 Å². The lowest BCUT2D eigenvalue weighted by Gasteiger charge is -2.04. The van der Waals surface area contributed by atoms with E-state index in [1.807, 2.05) is 39.4 Å². The minimum absolute atomic E-state index is 0.121. The first-order valence-corrected chi connectivity index (χ1v) is 6.93. The average Bonchev–Trinajstić information content (AvgIpc) is 2.78. The van der Waals surface area contributed by atoms with E-state index in [2.05, 4.69) is 15.4 Å². The molecule has 0 spiro atoms. The second-order valence-electron chi connectivity index (χ2n) is 4.59. The molecule has 6 heteroatoms. The van der Waals surface area contributed by atoms with E-state index in [1.54, 1.807) is 11.3 Å². The summed E-state index contributed by atoms with van der Waals surface area (Å²) < 4.78 is 1.83. The highest BCUT2D eigenvalue weighted by atomic mass is 32.1. The van der Waals surface area contributed by atoms with Gasteiger partial charge in [0.05, 0.1) is 10.7 Å². The van der Waals surface area contributed by atoms with E-state index in [0.29, 0.717) is 12.2 Å². The number of rotatable bonds is 3. The predicted octanol–water partition coefficient (Wildman–Crippen LogP) is 2.04. The van der Waals surface area contributed by atoms with Crippen molar-refractivity contribution in [1.29, 1.82) is 0 Å². The Morgan fingerprint density at radius 1 is 1.32 bits per heavy atom. The summed E-state index contributed by atoms with van der Waals surface area (Å²) in [5.41, 5.74) is 3.62. The highest BCUT2D eigenvalue weighted by Crippen LogP contribution is 2.17. The highest BCUT2D eigenvalue weighted by Gasteiger charge is 2.15. The molecular formula is C13H18N4OS. The molecule has 0 radical (unpaired) electrons. The molecule has 1 amide bonds. The first-order chi connectivity index (χ1) is 8.90. The van der Waals surface area contributed by atoms with Crippen LogP contribution in [0.3, 0.4) is 0 Å². The summed E-state index contributed by atoms with van der Waals surface area (Å²) in [4.78, 5) is 17.3. The molecule has 0 atom stereocenters. The number of thiazole rings is 1. The zero-order valence-electron chi connectivity index (χ0n) is 11.9. The fourth-order valence-corrected chi connectivity index (χ4v) is 2.88. The number of amides is 1. The predicted molar refractivity (Wildman–Crippen MR) is 75.4 cm³/mol. The van der Waals surface area contributed by atoms with Gasteiger partial charge in [-0.1, -0.05) is 0 Å². The molecule has 2 rings (SSSR count). The number of hydrogen-bond donors (Lipinski definition) is 1. The maximum Gasteiger partial charge on any atom is 0.271 e. The molecule has 19 heavy (non-hydrogen) atoms. The molecule has 0 bridgehead atoms. The van der Waals surface area contributed by atoms with Crippen LogP contribution in [0.15, 0.2) is 0 Å². The second kappa shape index (κ2) is 5.13. The normalized spacial score (nSPS) is 10.8. The number of nitrogens with one attached hydrogen (secondary N) is 1. The summed E-state index contributed by atoms with van der Waals surface area (Å²) in [6, 6.07) is 0. The van der Waals surface area contributed by atoms with Crippen molar-refractivity contribution < 1.29 is 4.79 Å². The van der Waals surface area contributed by atoms with Gasteiger partial charge in [0.2, 0.25) is 0 Å². The Kier molecular flexibility index (Phi) is 3.71. The molecule has 0 aliphatic heterocycles. The Morgan fingerprint density at radius 2 is 2.00 bits per heavy atom. The van der Waals surface area contributed by atoms with Crippen molar-refractivity contribution in [2.75, 3.05) is 0 Å². The number of aryl methyl sites for hydroxylation is 4. The summed E-state index contributed by atoms with van der Waals surface area (Å²) in [6.07, 6.45) is 0. The van der Waals surface area contributed by atoms with Crippen LogP contribution in [0.2, 0.25) is 0 Å². The number of nitrogens with zero attached hydrogens (tertiary/aromatic N) is 3. The second-order valence-corrected chi connectivity index (χ2v) is 6.00. The highest BCUT2D eigenvalue weighted by molar-refractivity contribution is 7.11. The molecule has 2 aromatic heterocycles. The van der Waals surface area contributed by atoms with Crippen LogP contribution in [0.5, 0.6) is 0 Å². The molecule has 5 nitrogen and oxygen atoms in total. The van der Waals surface area contributed by atoms with E-state index >= 15 is 0 Å². The first kappa shape index (κ1) is 13.7. The van der Waals surface area contributed by atoms with Crippen LogP contribution in [-0.2, 0) is 13.6 Å². The third kappa shape index (κ3) is 2.68. The Labute approximate surface area is 116 Å². The van der Waals surface area contributed by atoms with E-state index in [-0.39, 0.29) is 5.91 Å². The van der Waals surface area contributed by atoms with Gasteiger partial charge in [0.15, 0.2) is 0 Å². The smallest absolute Gasteiger partial charge is 0.271 e. The standard InChI is InChI=1S/C13H18N4OS/c1-7-11(8(2)17(5)16-7)6-14-13(18)12-9(3)19-10(4)15-12/h6H2,1-5H3,(H,14,18). The van der Waals surface area contributed by atoms with E-state index in [4.69, 9.17) is 0 Å². The number of aromatic nitrogens is 3. The SMILES string of the molecule is Cc1nc(C(=O)NCc2c(C)nn(C)c2C)c(C)s1. The minimum Gasteiger partial charge on any atom is -0.346 e. The van der Waals surface area contributed by atoms with Gasteiger partial charge >= 0.3 is 0 Å². The molecule has 0 saturated carbocycles. The zero-order chi connectivity index (χ0) is 14.2. The lowest BCUT2D eigenvalue weighted by Crippen LogP contribution is -2.24. The molecular weight excluding hydrogens is 260 g/mol. The minimum atomic E-state index is -0.121. The Hall–Kier alpha value is -1.69. The fourth-order valence-electron chi connectivity index (χ4n) is 2.07. The quantitative estimate of drug-likeness (QED) is 0.934. The Bertz CT molecular complexity index is 627. The summed E-state index contributed by atoms with van der Waals surface area (Å²) >= 11 is 1.54. The topological polar surface area (TPSA) is 59.8 Å². The van der Waals surface area contributed by atoms with Gasteiger partial charge in [-0.15, -0.1) is 11.3 Å². The van der Waals surface area contributed by atoms with Crippen molar-refractivity contribution in [3.8, 4) is 0 Å². The lowest BCUT2D eigenvalue weighted by molar-refractivity contribution is 0.0946. The Balaban J connectivity index is 2.11. The van der Waals surface area contributed by atoms with Gasteiger partial charge in [0.25, 0.3) is 5.91 Å². The molecule has 0 aliphatic carbocycles. The number of hydrogen-bond acceptors (Lipinski definition) is 4. The fraction of sp³-hybridized carbons (Fsp3) is 0.462. The molecule has 0 fully saturated rings. The molecule has 0 saturated heterocycles. The summed E-state index contributed by atoms with van der Waals surface area (Å²) in [7, 11) is 1.90. The van der Waals surface area contributed by atoms with Crippen molar-refractivity contribution in [2.45, 2.75) is 34.2 Å². The van der Waals surface area contributed by atoms with Crippen LogP contribution in [0.4, 0.5) is 0 Å². The third-order valence-corrected chi connectivity index (χ3v) is 4.09. The average molecular weight is 278 g/mol. The van der Waals surface area contributed by atoms with Gasteiger partial charge in [0, 0.05) is 29.7 Å². The summed E-state index contributed by atoms with van der Waals surface area (Å²) in [5.74, 6) is -0.121. The van der Waals surface area contributed by atoms with Crippen LogP contribution < -0.4 is 5.32 Å². The van der Waals surface area contributed by atoms with Gasteiger partial charge < -0.3 is 5.32 Å². The number of carbonyl (C=O) groups is 1. The number of carbonyl (C=O) groups excluding carboxylic acids is 1. The molecule has 2 aromatic rings. The van der Waals surface area contributed by atoms with Gasteiger partial charge in [-0.3, -0.25) is 9.48 Å². The summed E-state index contributed by atoms with van der Waals surface area (Å²) in [5, 5.41) is 8.16.